The molecular formula is C38H54F2N4O4. The van der Waals surface area contributed by atoms with Crippen LogP contribution < -0.4 is 14.8 Å². The van der Waals surface area contributed by atoms with Crippen LogP contribution in [0.1, 0.15) is 76.3 Å². The summed E-state index contributed by atoms with van der Waals surface area (Å²) in [4.78, 5) is 8.69. The number of methoxy groups -OCH3 is 2. The first kappa shape index (κ1) is 38.6. The fourth-order valence-corrected chi connectivity index (χ4v) is 5.71. The van der Waals surface area contributed by atoms with Gasteiger partial charge in [-0.2, -0.15) is 0 Å². The van der Waals surface area contributed by atoms with Gasteiger partial charge in [0.1, 0.15) is 22.9 Å². The number of unbranched alkanes of at least 4 members (excludes halogenated alkanes) is 6. The Bertz CT molecular complexity index is 1390. The van der Waals surface area contributed by atoms with Gasteiger partial charge in [0.15, 0.2) is 23.1 Å². The van der Waals surface area contributed by atoms with Gasteiger partial charge in [-0.05, 0) is 70.4 Å². The van der Waals surface area contributed by atoms with E-state index in [2.05, 4.69) is 46.1 Å². The second-order valence-corrected chi connectivity index (χ2v) is 11.9. The van der Waals surface area contributed by atoms with Crippen molar-refractivity contribution in [2.45, 2.75) is 78.3 Å². The van der Waals surface area contributed by atoms with Crippen LogP contribution in [0.4, 0.5) is 20.2 Å². The number of phenols is 2. The lowest BCUT2D eigenvalue weighted by atomic mass is 10.1. The molecule has 0 unspecified atom stereocenters. The molecule has 0 radical (unpaired) electrons. The zero-order valence-electron chi connectivity index (χ0n) is 29.1. The lowest BCUT2D eigenvalue weighted by Gasteiger charge is -2.21. The number of nitrogens with one attached hydrogen (secondary N) is 1. The fraction of sp³-hybridized carbons (Fsp3) is 0.500. The fourth-order valence-electron chi connectivity index (χ4n) is 5.71. The van der Waals surface area contributed by atoms with E-state index >= 15 is 0 Å². The molecule has 0 aliphatic carbocycles. The number of benzene rings is 3. The van der Waals surface area contributed by atoms with Crippen molar-refractivity contribution in [1.29, 1.82) is 0 Å². The Morgan fingerprint density at radius 1 is 0.708 bits per heavy atom. The van der Waals surface area contributed by atoms with E-state index in [1.54, 1.807) is 14.2 Å². The van der Waals surface area contributed by atoms with Gasteiger partial charge in [0.2, 0.25) is 0 Å². The standard InChI is InChI=1S/C38H54F2N4O4/c1-5-43(27-29-19-11-13-21-31(29)47-3)25-17-9-7-15-23-41-35-33(39)38(46)36(34(40)37(35)45)42-24-16-8-10-18-26-44(6-2)28-30-20-12-14-22-32(30)48-4/h11-14,19-23,42,45-46H,5-10,15-18,24-28H2,1-4H3. The molecule has 0 aliphatic rings. The predicted molar refractivity (Wildman–Crippen MR) is 191 cm³/mol. The SMILES string of the molecule is CCN(CCCCCC=Nc1c(O)c(F)c(NCCCCCCN(CC)Cc2ccccc2OC)c(O)c1F)Cc1ccccc1OC. The highest BCUT2D eigenvalue weighted by molar-refractivity contribution is 5.74. The van der Waals surface area contributed by atoms with Gasteiger partial charge in [-0.25, -0.2) is 8.78 Å². The Kier molecular flexibility index (Phi) is 17.0. The molecule has 0 amide bonds. The van der Waals surface area contributed by atoms with Crippen molar-refractivity contribution in [1.82, 2.24) is 9.80 Å². The molecule has 10 heteroatoms. The molecule has 264 valence electrons. The van der Waals surface area contributed by atoms with E-state index in [0.29, 0.717) is 19.4 Å². The molecule has 48 heavy (non-hydrogen) atoms. The van der Waals surface area contributed by atoms with Gasteiger partial charge < -0.3 is 25.0 Å². The van der Waals surface area contributed by atoms with Crippen molar-refractivity contribution in [2.75, 3.05) is 52.3 Å². The summed E-state index contributed by atoms with van der Waals surface area (Å²) in [5.41, 5.74) is 1.29. The van der Waals surface area contributed by atoms with Crippen LogP contribution in [0.25, 0.3) is 0 Å². The molecule has 0 aliphatic heterocycles. The van der Waals surface area contributed by atoms with Crippen LogP contribution in [-0.4, -0.2) is 73.2 Å². The number of para-hydroxylation sites is 2. The normalized spacial score (nSPS) is 11.6. The maximum atomic E-state index is 14.9. The average Bonchev–Trinajstić information content (AvgIpc) is 3.11. The summed E-state index contributed by atoms with van der Waals surface area (Å²) >= 11 is 0. The molecule has 8 nitrogen and oxygen atoms in total. The first-order chi connectivity index (χ1) is 23.3. The predicted octanol–water partition coefficient (Wildman–Crippen LogP) is 8.67. The van der Waals surface area contributed by atoms with Crippen LogP contribution in [0.3, 0.4) is 0 Å². The summed E-state index contributed by atoms with van der Waals surface area (Å²) in [5.74, 6) is -2.25. The first-order valence-electron chi connectivity index (χ1n) is 17.2. The molecule has 0 spiro atoms. The average molecular weight is 669 g/mol. The first-order valence-corrected chi connectivity index (χ1v) is 17.2. The highest BCUT2D eigenvalue weighted by atomic mass is 19.1. The number of aromatic hydroxyl groups is 2. The Labute approximate surface area is 285 Å². The number of anilines is 1. The van der Waals surface area contributed by atoms with E-state index in [1.807, 2.05) is 36.4 Å². The van der Waals surface area contributed by atoms with Crippen molar-refractivity contribution in [3.63, 3.8) is 0 Å². The Hall–Kier alpha value is -3.89. The van der Waals surface area contributed by atoms with Gasteiger partial charge in [-0.15, -0.1) is 0 Å². The quantitative estimate of drug-likeness (QED) is 0.0403. The number of halogens is 2. The Morgan fingerprint density at radius 3 is 1.77 bits per heavy atom. The zero-order valence-corrected chi connectivity index (χ0v) is 29.1. The Balaban J connectivity index is 1.37. The van der Waals surface area contributed by atoms with E-state index in [0.717, 1.165) is 100 Å². The third kappa shape index (κ3) is 11.7. The van der Waals surface area contributed by atoms with E-state index in [-0.39, 0.29) is 0 Å². The third-order valence-electron chi connectivity index (χ3n) is 8.60. The minimum Gasteiger partial charge on any atom is -0.503 e. The second-order valence-electron chi connectivity index (χ2n) is 11.9. The summed E-state index contributed by atoms with van der Waals surface area (Å²) in [5, 5.41) is 23.5. The van der Waals surface area contributed by atoms with Gasteiger partial charge in [0.05, 0.1) is 14.2 Å². The molecule has 0 aromatic heterocycles. The number of phenolic OH excluding ortho intramolecular Hbond substituents is 2. The maximum Gasteiger partial charge on any atom is 0.196 e. The van der Waals surface area contributed by atoms with Crippen molar-refractivity contribution in [2.24, 2.45) is 4.99 Å². The van der Waals surface area contributed by atoms with E-state index < -0.39 is 34.5 Å². The lowest BCUT2D eigenvalue weighted by Crippen LogP contribution is -2.24. The number of aliphatic imine (C=N–C) groups is 1. The number of ether oxygens (including phenoxy) is 2. The van der Waals surface area contributed by atoms with Gasteiger partial charge in [0, 0.05) is 37.0 Å². The highest BCUT2D eigenvalue weighted by Gasteiger charge is 2.24. The minimum absolute atomic E-state index is 0.332. The van der Waals surface area contributed by atoms with E-state index in [9.17, 15) is 19.0 Å². The van der Waals surface area contributed by atoms with Crippen LogP contribution in [0, 0.1) is 11.6 Å². The molecule has 0 heterocycles. The van der Waals surface area contributed by atoms with Gasteiger partial charge >= 0.3 is 0 Å². The Morgan fingerprint density at radius 2 is 1.23 bits per heavy atom. The van der Waals surface area contributed by atoms with Crippen LogP contribution in [0.5, 0.6) is 23.0 Å². The molecule has 0 saturated heterocycles. The van der Waals surface area contributed by atoms with Gasteiger partial charge in [-0.3, -0.25) is 14.8 Å². The van der Waals surface area contributed by atoms with Gasteiger partial charge in [-0.1, -0.05) is 69.5 Å². The monoisotopic (exact) mass is 668 g/mol. The maximum absolute atomic E-state index is 14.9. The van der Waals surface area contributed by atoms with Crippen LogP contribution in [-0.2, 0) is 13.1 Å². The number of hydrogen-bond donors (Lipinski definition) is 3. The lowest BCUT2D eigenvalue weighted by molar-refractivity contribution is 0.268. The molecule has 0 fully saturated rings. The molecule has 3 aromatic rings. The van der Waals surface area contributed by atoms with Crippen molar-refractivity contribution >= 4 is 17.6 Å². The molecule has 3 N–H and O–H groups in total. The molecule has 3 aromatic carbocycles. The van der Waals surface area contributed by atoms with Crippen molar-refractivity contribution in [3.05, 3.63) is 71.3 Å². The third-order valence-corrected chi connectivity index (χ3v) is 8.60. The molecule has 3 rings (SSSR count). The van der Waals surface area contributed by atoms with E-state index in [1.165, 1.54) is 6.21 Å². The van der Waals surface area contributed by atoms with Crippen molar-refractivity contribution < 1.29 is 28.5 Å². The topological polar surface area (TPSA) is 89.8 Å². The van der Waals surface area contributed by atoms with Gasteiger partial charge in [0.25, 0.3) is 0 Å². The smallest absolute Gasteiger partial charge is 0.196 e. The molecular weight excluding hydrogens is 614 g/mol. The summed E-state index contributed by atoms with van der Waals surface area (Å²) in [6.07, 6.45) is 8.30. The highest BCUT2D eigenvalue weighted by Crippen LogP contribution is 2.43. The van der Waals surface area contributed by atoms with E-state index in [4.69, 9.17) is 9.47 Å². The second kappa shape index (κ2) is 21.2. The number of rotatable bonds is 23. The number of hydrogen-bond acceptors (Lipinski definition) is 8. The molecule has 0 saturated carbocycles. The summed E-state index contributed by atoms with van der Waals surface area (Å²) in [6, 6.07) is 16.0. The zero-order chi connectivity index (χ0) is 34.7. The summed E-state index contributed by atoms with van der Waals surface area (Å²) in [7, 11) is 3.37. The number of nitrogens with zero attached hydrogens (tertiary/aromatic N) is 3. The van der Waals surface area contributed by atoms with Crippen LogP contribution >= 0.6 is 0 Å². The van der Waals surface area contributed by atoms with Crippen LogP contribution in [0.15, 0.2) is 53.5 Å². The van der Waals surface area contributed by atoms with Crippen molar-refractivity contribution in [3.8, 4) is 23.0 Å². The summed E-state index contributed by atoms with van der Waals surface area (Å²) < 4.78 is 40.8. The molecule has 0 atom stereocenters. The summed E-state index contributed by atoms with van der Waals surface area (Å²) in [6.45, 7) is 9.95. The largest absolute Gasteiger partial charge is 0.503 e. The minimum atomic E-state index is -1.14. The molecule has 0 bridgehead atoms. The van der Waals surface area contributed by atoms with Crippen LogP contribution in [0.2, 0.25) is 0 Å².